The molecule has 0 aliphatic rings. The molecule has 0 saturated heterocycles. The lowest BCUT2D eigenvalue weighted by Crippen LogP contribution is -2.14. The Balaban J connectivity index is 2.34. The fourth-order valence-corrected chi connectivity index (χ4v) is 1.93. The van der Waals surface area contributed by atoms with Gasteiger partial charge < -0.3 is 10.5 Å². The summed E-state index contributed by atoms with van der Waals surface area (Å²) in [5.41, 5.74) is 7.40. The van der Waals surface area contributed by atoms with Crippen molar-refractivity contribution in [2.75, 3.05) is 7.11 Å². The maximum Gasteiger partial charge on any atom is 0.233 e. The van der Waals surface area contributed by atoms with Gasteiger partial charge in [-0.3, -0.25) is 0 Å². The number of nitrogens with two attached hydrogens (primary N) is 1. The molecule has 0 saturated carbocycles. The van der Waals surface area contributed by atoms with Gasteiger partial charge in [0.05, 0.1) is 18.8 Å². The molecule has 1 atom stereocenters. The molecule has 94 valence electrons. The third-order valence-corrected chi connectivity index (χ3v) is 3.06. The predicted molar refractivity (Wildman–Crippen MR) is 71.1 cm³/mol. The van der Waals surface area contributed by atoms with Gasteiger partial charge in [0.1, 0.15) is 0 Å². The van der Waals surface area contributed by atoms with Crippen molar-refractivity contribution in [3.8, 4) is 5.88 Å². The molecular formula is C12H11Cl2N3O. The number of methoxy groups -OCH3 is 1. The second-order valence-electron chi connectivity index (χ2n) is 3.64. The number of ether oxygens (including phenoxy) is 1. The molecule has 1 aromatic carbocycles. The van der Waals surface area contributed by atoms with Gasteiger partial charge in [-0.2, -0.15) is 0 Å². The number of halogens is 2. The first-order valence-electron chi connectivity index (χ1n) is 5.20. The molecule has 1 heterocycles. The minimum atomic E-state index is -0.477. The van der Waals surface area contributed by atoms with Crippen LogP contribution in [0.1, 0.15) is 17.3 Å². The Morgan fingerprint density at radius 1 is 1.17 bits per heavy atom. The van der Waals surface area contributed by atoms with Crippen molar-refractivity contribution in [2.45, 2.75) is 6.04 Å². The van der Waals surface area contributed by atoms with Crippen LogP contribution in [0.5, 0.6) is 5.88 Å². The third-order valence-electron chi connectivity index (χ3n) is 2.48. The van der Waals surface area contributed by atoms with E-state index in [1.54, 1.807) is 30.3 Å². The summed E-state index contributed by atoms with van der Waals surface area (Å²) in [4.78, 5) is 0. The summed E-state index contributed by atoms with van der Waals surface area (Å²) >= 11 is 12.0. The Morgan fingerprint density at radius 2 is 1.94 bits per heavy atom. The summed E-state index contributed by atoms with van der Waals surface area (Å²) in [6, 6.07) is 8.10. The van der Waals surface area contributed by atoms with Crippen molar-refractivity contribution in [3.05, 3.63) is 51.6 Å². The quantitative estimate of drug-likeness (QED) is 0.941. The normalized spacial score (nSPS) is 12.2. The monoisotopic (exact) mass is 283 g/mol. The van der Waals surface area contributed by atoms with Crippen LogP contribution in [0.2, 0.25) is 10.0 Å². The van der Waals surface area contributed by atoms with Gasteiger partial charge >= 0.3 is 0 Å². The lowest BCUT2D eigenvalue weighted by molar-refractivity contribution is 0.390. The molecule has 0 aliphatic carbocycles. The number of aromatic nitrogens is 2. The van der Waals surface area contributed by atoms with Crippen LogP contribution in [-0.2, 0) is 0 Å². The van der Waals surface area contributed by atoms with Crippen LogP contribution >= 0.6 is 23.2 Å². The van der Waals surface area contributed by atoms with E-state index in [0.717, 1.165) is 0 Å². The van der Waals surface area contributed by atoms with E-state index in [2.05, 4.69) is 10.2 Å². The zero-order valence-corrected chi connectivity index (χ0v) is 11.1. The van der Waals surface area contributed by atoms with E-state index in [-0.39, 0.29) is 0 Å². The number of benzene rings is 1. The Hall–Kier alpha value is -1.36. The minimum absolute atomic E-state index is 0.433. The Kier molecular flexibility index (Phi) is 4.01. The molecule has 0 spiro atoms. The summed E-state index contributed by atoms with van der Waals surface area (Å²) in [7, 11) is 1.53. The maximum atomic E-state index is 6.09. The van der Waals surface area contributed by atoms with Crippen LogP contribution in [-0.4, -0.2) is 17.3 Å². The molecule has 4 nitrogen and oxygen atoms in total. The molecule has 0 fully saturated rings. The van der Waals surface area contributed by atoms with E-state index in [1.165, 1.54) is 7.11 Å². The molecule has 0 aliphatic heterocycles. The minimum Gasteiger partial charge on any atom is -0.480 e. The molecular weight excluding hydrogens is 273 g/mol. The van der Waals surface area contributed by atoms with Gasteiger partial charge in [0, 0.05) is 16.1 Å². The number of rotatable bonds is 3. The van der Waals surface area contributed by atoms with Crippen molar-refractivity contribution in [2.24, 2.45) is 5.73 Å². The van der Waals surface area contributed by atoms with Crippen molar-refractivity contribution < 1.29 is 4.74 Å². The molecule has 18 heavy (non-hydrogen) atoms. The first kappa shape index (κ1) is 13.1. The van der Waals surface area contributed by atoms with E-state index in [9.17, 15) is 0 Å². The fraction of sp³-hybridized carbons (Fsp3) is 0.167. The molecule has 0 amide bonds. The summed E-state index contributed by atoms with van der Waals surface area (Å²) < 4.78 is 4.94. The van der Waals surface area contributed by atoms with Crippen LogP contribution in [0.25, 0.3) is 0 Å². The molecule has 2 N–H and O–H groups in total. The van der Waals surface area contributed by atoms with Crippen molar-refractivity contribution >= 4 is 23.2 Å². The fourth-order valence-electron chi connectivity index (χ4n) is 1.52. The second kappa shape index (κ2) is 5.52. The summed E-state index contributed by atoms with van der Waals surface area (Å²) in [5.74, 6) is 0.433. The van der Waals surface area contributed by atoms with Gasteiger partial charge in [-0.15, -0.1) is 10.2 Å². The van der Waals surface area contributed by atoms with E-state index in [0.29, 0.717) is 27.2 Å². The van der Waals surface area contributed by atoms with E-state index < -0.39 is 6.04 Å². The van der Waals surface area contributed by atoms with Crippen LogP contribution in [0.3, 0.4) is 0 Å². The maximum absolute atomic E-state index is 6.09. The van der Waals surface area contributed by atoms with Gasteiger partial charge in [0.15, 0.2) is 0 Å². The predicted octanol–water partition coefficient (Wildman–Crippen LogP) is 2.84. The van der Waals surface area contributed by atoms with Gasteiger partial charge in [-0.1, -0.05) is 23.2 Å². The highest BCUT2D eigenvalue weighted by Gasteiger charge is 2.15. The van der Waals surface area contributed by atoms with Crippen LogP contribution < -0.4 is 10.5 Å². The molecule has 2 aromatic rings. The Morgan fingerprint density at radius 3 is 2.56 bits per heavy atom. The summed E-state index contributed by atoms with van der Waals surface area (Å²) in [6.07, 6.45) is 0. The van der Waals surface area contributed by atoms with Crippen molar-refractivity contribution in [1.29, 1.82) is 0 Å². The zero-order valence-electron chi connectivity index (χ0n) is 9.60. The lowest BCUT2D eigenvalue weighted by atomic mass is 10.0. The highest BCUT2D eigenvalue weighted by molar-refractivity contribution is 6.33. The first-order valence-corrected chi connectivity index (χ1v) is 5.95. The average molecular weight is 284 g/mol. The number of nitrogens with zero attached hydrogens (tertiary/aromatic N) is 2. The highest BCUT2D eigenvalue weighted by Crippen LogP contribution is 2.28. The SMILES string of the molecule is COc1ccc(C(N)c2cc(Cl)ccc2Cl)nn1. The highest BCUT2D eigenvalue weighted by atomic mass is 35.5. The van der Waals surface area contributed by atoms with Gasteiger partial charge in [0.25, 0.3) is 0 Å². The van der Waals surface area contributed by atoms with Gasteiger partial charge in [-0.05, 0) is 29.8 Å². The standard InChI is InChI=1S/C12H11Cl2N3O/c1-18-11-5-4-10(16-17-11)12(15)8-6-7(13)2-3-9(8)14/h2-6,12H,15H2,1H3. The third kappa shape index (κ3) is 2.72. The second-order valence-corrected chi connectivity index (χ2v) is 4.49. The van der Waals surface area contributed by atoms with Crippen molar-refractivity contribution in [1.82, 2.24) is 10.2 Å². The summed E-state index contributed by atoms with van der Waals surface area (Å²) in [6.45, 7) is 0. The number of hydrogen-bond donors (Lipinski definition) is 1. The topological polar surface area (TPSA) is 61.0 Å². The van der Waals surface area contributed by atoms with Crippen LogP contribution in [0.15, 0.2) is 30.3 Å². The van der Waals surface area contributed by atoms with E-state index in [1.807, 2.05) is 0 Å². The van der Waals surface area contributed by atoms with Gasteiger partial charge in [-0.25, -0.2) is 0 Å². The van der Waals surface area contributed by atoms with Crippen LogP contribution in [0.4, 0.5) is 0 Å². The molecule has 2 rings (SSSR count). The van der Waals surface area contributed by atoms with E-state index >= 15 is 0 Å². The Bertz CT molecular complexity index is 546. The Labute approximate surface area is 115 Å². The average Bonchev–Trinajstić information content (AvgIpc) is 2.41. The summed E-state index contributed by atoms with van der Waals surface area (Å²) in [5, 5.41) is 8.98. The largest absolute Gasteiger partial charge is 0.480 e. The van der Waals surface area contributed by atoms with Crippen LogP contribution in [0, 0.1) is 0 Å². The van der Waals surface area contributed by atoms with E-state index in [4.69, 9.17) is 33.7 Å². The van der Waals surface area contributed by atoms with Gasteiger partial charge in [0.2, 0.25) is 5.88 Å². The zero-order chi connectivity index (χ0) is 13.1. The molecule has 6 heteroatoms. The lowest BCUT2D eigenvalue weighted by Gasteiger charge is -2.13. The molecule has 0 bridgehead atoms. The van der Waals surface area contributed by atoms with Crippen molar-refractivity contribution in [3.63, 3.8) is 0 Å². The molecule has 0 radical (unpaired) electrons. The first-order chi connectivity index (χ1) is 8.61. The molecule has 1 unspecified atom stereocenters. The number of hydrogen-bond acceptors (Lipinski definition) is 4. The smallest absolute Gasteiger partial charge is 0.233 e. The molecule has 1 aromatic heterocycles.